The smallest absolute Gasteiger partial charge is 0.396 e. The Morgan fingerprint density at radius 1 is 1.40 bits per heavy atom. The van der Waals surface area contributed by atoms with E-state index in [1.54, 1.807) is 16.7 Å². The van der Waals surface area contributed by atoms with Gasteiger partial charge in [-0.1, -0.05) is 35.8 Å². The maximum atomic E-state index is 12.6. The number of halogens is 2. The van der Waals surface area contributed by atoms with Crippen molar-refractivity contribution in [3.8, 4) is 0 Å². The predicted octanol–water partition coefficient (Wildman–Crippen LogP) is 3.30. The van der Waals surface area contributed by atoms with Crippen molar-refractivity contribution >= 4 is 48.6 Å². The summed E-state index contributed by atoms with van der Waals surface area (Å²) >= 11 is 12.1. The largest absolute Gasteiger partial charge is 0.698 e. The molecule has 0 amide bonds. The van der Waals surface area contributed by atoms with Gasteiger partial charge in [0.15, 0.2) is 11.2 Å². The van der Waals surface area contributed by atoms with Gasteiger partial charge < -0.3 is 20.5 Å². The maximum absolute atomic E-state index is 12.6. The number of aromatic amines is 1. The number of aliphatic hydroxyl groups is 2. The summed E-state index contributed by atoms with van der Waals surface area (Å²) in [6.45, 7) is 3.72. The minimum atomic E-state index is -2.62. The molecule has 0 saturated heterocycles. The number of fused-ring (bicyclic) bond motifs is 1. The average molecular weight is 543 g/mol. The monoisotopic (exact) mass is 542 g/mol. The van der Waals surface area contributed by atoms with E-state index in [0.29, 0.717) is 21.2 Å². The highest BCUT2D eigenvalue weighted by Gasteiger charge is 2.41. The molecule has 1 unspecified atom stereocenters. The van der Waals surface area contributed by atoms with Gasteiger partial charge in [-0.25, -0.2) is 4.98 Å². The van der Waals surface area contributed by atoms with E-state index in [0.717, 1.165) is 0 Å². The third kappa shape index (κ3) is 5.41. The van der Waals surface area contributed by atoms with Gasteiger partial charge in [0, 0.05) is 39.1 Å². The van der Waals surface area contributed by atoms with Crippen molar-refractivity contribution in [3.63, 3.8) is 0 Å². The van der Waals surface area contributed by atoms with Crippen LogP contribution in [0.1, 0.15) is 30.6 Å². The van der Waals surface area contributed by atoms with Gasteiger partial charge in [-0.15, -0.1) is 9.05 Å². The average Bonchev–Trinajstić information content (AvgIpc) is 3.32. The Morgan fingerprint density at radius 3 is 2.89 bits per heavy atom. The lowest BCUT2D eigenvalue weighted by atomic mass is 10.0. The number of nitrogens with one attached hydrogen (secondary N) is 1. The molecule has 11 nitrogen and oxygen atoms in total. The van der Waals surface area contributed by atoms with Gasteiger partial charge in [0.05, 0.1) is 18.5 Å². The SMILES string of the molecule is C=C1[C@H](CO[P+](=O)O[C@H](CCO)c2ccc(Cl)cc2Cl)[C@@H](O)C[C@@H]1n1cnc2c(=O)[nH]c(N)nc21. The molecule has 0 spiro atoms. The molecule has 1 aliphatic carbocycles. The van der Waals surface area contributed by atoms with E-state index in [-0.39, 0.29) is 43.2 Å². The lowest BCUT2D eigenvalue weighted by Crippen LogP contribution is -2.19. The number of nitrogens with two attached hydrogens (primary N) is 1. The number of hydrogen-bond donors (Lipinski definition) is 4. The first-order valence-corrected chi connectivity index (χ1v) is 12.5. The van der Waals surface area contributed by atoms with Crippen molar-refractivity contribution in [2.24, 2.45) is 5.92 Å². The quantitative estimate of drug-likeness (QED) is 0.234. The Bertz CT molecular complexity index is 1330. The Hall–Kier alpha value is -2.37. The van der Waals surface area contributed by atoms with E-state index < -0.39 is 38.0 Å². The normalized spacial score (nSPS) is 21.5. The number of nitrogens with zero attached hydrogens (tertiary/aromatic N) is 3. The van der Waals surface area contributed by atoms with E-state index in [2.05, 4.69) is 21.5 Å². The number of imidazole rings is 1. The molecule has 0 bridgehead atoms. The zero-order chi connectivity index (χ0) is 25.3. The Labute approximate surface area is 210 Å². The van der Waals surface area contributed by atoms with Crippen LogP contribution in [0.5, 0.6) is 0 Å². The number of rotatable bonds is 9. The van der Waals surface area contributed by atoms with Gasteiger partial charge in [0.2, 0.25) is 5.95 Å². The van der Waals surface area contributed by atoms with Crippen LogP contribution in [0.3, 0.4) is 0 Å². The van der Waals surface area contributed by atoms with Crippen LogP contribution in [0.2, 0.25) is 10.0 Å². The van der Waals surface area contributed by atoms with Gasteiger partial charge >= 0.3 is 8.25 Å². The van der Waals surface area contributed by atoms with Gasteiger partial charge in [0.25, 0.3) is 5.56 Å². The molecular weight excluding hydrogens is 520 g/mol. The highest BCUT2D eigenvalue weighted by Crippen LogP contribution is 2.43. The van der Waals surface area contributed by atoms with Crippen LogP contribution >= 0.6 is 31.5 Å². The number of H-pyrrole nitrogens is 1. The van der Waals surface area contributed by atoms with Crippen LogP contribution in [0, 0.1) is 5.92 Å². The number of benzene rings is 1. The van der Waals surface area contributed by atoms with Crippen molar-refractivity contribution in [3.05, 3.63) is 62.6 Å². The summed E-state index contributed by atoms with van der Waals surface area (Å²) in [6, 6.07) is 4.34. The van der Waals surface area contributed by atoms with E-state index in [1.165, 1.54) is 12.4 Å². The molecule has 3 aromatic rings. The number of nitrogen functional groups attached to an aromatic ring is 1. The van der Waals surface area contributed by atoms with Crippen molar-refractivity contribution in [1.82, 2.24) is 19.5 Å². The fourth-order valence-corrected chi connectivity index (χ4v) is 5.44. The number of anilines is 1. The lowest BCUT2D eigenvalue weighted by Gasteiger charge is -2.16. The second-order valence-electron chi connectivity index (χ2n) is 8.07. The fourth-order valence-electron chi connectivity index (χ4n) is 4.14. The zero-order valence-corrected chi connectivity index (χ0v) is 20.7. The summed E-state index contributed by atoms with van der Waals surface area (Å²) in [6.07, 6.45) is 0.196. The second kappa shape index (κ2) is 10.7. The van der Waals surface area contributed by atoms with Crippen LogP contribution < -0.4 is 11.3 Å². The van der Waals surface area contributed by atoms with Gasteiger partial charge in [-0.2, -0.15) is 4.98 Å². The Kier molecular flexibility index (Phi) is 7.87. The molecule has 4 rings (SSSR count). The fraction of sp³-hybridized carbons (Fsp3) is 0.381. The molecule has 2 aromatic heterocycles. The summed E-state index contributed by atoms with van der Waals surface area (Å²) < 4.78 is 25.1. The minimum absolute atomic E-state index is 0.0549. The van der Waals surface area contributed by atoms with Crippen molar-refractivity contribution in [1.29, 1.82) is 0 Å². The van der Waals surface area contributed by atoms with Crippen LogP contribution in [0.25, 0.3) is 11.2 Å². The standard InChI is InChI=1S/C21H22Cl2N5O6P/c1-10-13(8-33-35(32)34-17(4-5-29)12-3-2-11(22)6-14(12)23)16(30)7-15(10)28-9-25-18-19(28)26-21(24)27-20(18)31/h2-3,6,9,13,15-17,29-30H,1,4-5,7-8H2,(H2-,24,26,27,31)/p+1/t13-,15-,16-,17+/m0/s1. The molecular formula is C21H23Cl2N5O6P+. The minimum Gasteiger partial charge on any atom is -0.396 e. The molecule has 2 heterocycles. The van der Waals surface area contributed by atoms with Gasteiger partial charge in [-0.05, 0) is 24.1 Å². The first kappa shape index (κ1) is 25.7. The van der Waals surface area contributed by atoms with E-state index >= 15 is 0 Å². The molecule has 5 N–H and O–H groups in total. The second-order valence-corrected chi connectivity index (χ2v) is 9.83. The van der Waals surface area contributed by atoms with E-state index in [9.17, 15) is 19.6 Å². The van der Waals surface area contributed by atoms with Crippen LogP contribution in [0.4, 0.5) is 5.95 Å². The number of hydrogen-bond acceptors (Lipinski definition) is 9. The number of aliphatic hydroxyl groups excluding tert-OH is 2. The molecule has 0 aliphatic heterocycles. The molecule has 0 radical (unpaired) electrons. The van der Waals surface area contributed by atoms with E-state index in [4.69, 9.17) is 38.0 Å². The molecule has 1 aliphatic rings. The highest BCUT2D eigenvalue weighted by atomic mass is 35.5. The predicted molar refractivity (Wildman–Crippen MR) is 130 cm³/mol. The summed E-state index contributed by atoms with van der Waals surface area (Å²) in [5.41, 5.74) is 6.69. The summed E-state index contributed by atoms with van der Waals surface area (Å²) in [5.74, 6) is -0.615. The van der Waals surface area contributed by atoms with Crippen LogP contribution in [-0.2, 0) is 13.6 Å². The zero-order valence-electron chi connectivity index (χ0n) is 18.3. The highest BCUT2D eigenvalue weighted by molar-refractivity contribution is 7.33. The molecule has 1 aromatic carbocycles. The summed E-state index contributed by atoms with van der Waals surface area (Å²) in [4.78, 5) is 22.7. The third-order valence-electron chi connectivity index (χ3n) is 5.89. The van der Waals surface area contributed by atoms with Gasteiger partial charge in [-0.3, -0.25) is 9.78 Å². The molecule has 1 fully saturated rings. The summed E-state index contributed by atoms with van der Waals surface area (Å²) in [7, 11) is -2.62. The molecule has 35 heavy (non-hydrogen) atoms. The third-order valence-corrected chi connectivity index (χ3v) is 7.24. The molecule has 5 atom stereocenters. The van der Waals surface area contributed by atoms with Crippen LogP contribution in [-0.4, -0.2) is 49.0 Å². The molecule has 186 valence electrons. The lowest BCUT2D eigenvalue weighted by molar-refractivity contribution is 0.0920. The van der Waals surface area contributed by atoms with Crippen molar-refractivity contribution < 1.29 is 23.8 Å². The first-order chi connectivity index (χ1) is 16.7. The summed E-state index contributed by atoms with van der Waals surface area (Å²) in [5, 5.41) is 20.8. The maximum Gasteiger partial charge on any atom is 0.698 e. The van der Waals surface area contributed by atoms with Crippen LogP contribution in [0.15, 0.2) is 41.5 Å². The van der Waals surface area contributed by atoms with E-state index in [1.807, 2.05) is 0 Å². The van der Waals surface area contributed by atoms with Crippen molar-refractivity contribution in [2.75, 3.05) is 18.9 Å². The number of aromatic nitrogens is 4. The van der Waals surface area contributed by atoms with Gasteiger partial charge in [0.1, 0.15) is 12.7 Å². The molecule has 1 saturated carbocycles. The molecule has 14 heteroatoms. The van der Waals surface area contributed by atoms with Crippen molar-refractivity contribution in [2.45, 2.75) is 31.1 Å². The Morgan fingerprint density at radius 2 is 2.17 bits per heavy atom. The topological polar surface area (TPSA) is 166 Å². The Balaban J connectivity index is 1.44. The first-order valence-electron chi connectivity index (χ1n) is 10.6.